The van der Waals surface area contributed by atoms with Crippen LogP contribution in [0.3, 0.4) is 0 Å². The number of nitrogens with one attached hydrogen (secondary N) is 1. The summed E-state index contributed by atoms with van der Waals surface area (Å²) in [4.78, 5) is 0. The van der Waals surface area contributed by atoms with Crippen molar-refractivity contribution < 1.29 is 0 Å². The Balaban J connectivity index is 2.32. The Bertz CT molecular complexity index is 629. The zero-order chi connectivity index (χ0) is 13.1. The Kier molecular flexibility index (Phi) is 3.40. The van der Waals surface area contributed by atoms with Gasteiger partial charge in [-0.05, 0) is 42.8 Å². The molecule has 0 aliphatic heterocycles. The van der Waals surface area contributed by atoms with Crippen LogP contribution in [-0.4, -0.2) is 0 Å². The van der Waals surface area contributed by atoms with E-state index in [-0.39, 0.29) is 0 Å². The summed E-state index contributed by atoms with van der Waals surface area (Å²) in [7, 11) is 0. The maximum Gasteiger partial charge on any atom is 0.101 e. The molecule has 0 heterocycles. The normalized spacial score (nSPS) is 9.83. The number of nitrogens with zero attached hydrogens (tertiary/aromatic N) is 1. The average molecular weight is 258 g/mol. The minimum absolute atomic E-state index is 0.460. The first-order valence-corrected chi connectivity index (χ1v) is 5.81. The monoisotopic (exact) mass is 257 g/mol. The van der Waals surface area contributed by atoms with Gasteiger partial charge in [0.05, 0.1) is 11.3 Å². The molecule has 2 aromatic carbocycles. The van der Waals surface area contributed by atoms with Crippen molar-refractivity contribution >= 4 is 28.7 Å². The van der Waals surface area contributed by atoms with Crippen LogP contribution in [-0.2, 0) is 0 Å². The lowest BCUT2D eigenvalue weighted by Gasteiger charge is -2.11. The summed E-state index contributed by atoms with van der Waals surface area (Å²) in [5.74, 6) is 0. The van der Waals surface area contributed by atoms with Gasteiger partial charge in [0.1, 0.15) is 6.07 Å². The molecular formula is C14H12ClN3. The average Bonchev–Trinajstić information content (AvgIpc) is 2.35. The molecule has 4 heteroatoms. The van der Waals surface area contributed by atoms with Crippen molar-refractivity contribution in [3.05, 3.63) is 52.5 Å². The number of nitrogens with two attached hydrogens (primary N) is 1. The van der Waals surface area contributed by atoms with Crippen LogP contribution in [0, 0.1) is 18.3 Å². The predicted octanol–water partition coefficient (Wildman–Crippen LogP) is 3.85. The molecule has 18 heavy (non-hydrogen) atoms. The number of nitrogen functional groups attached to an aromatic ring is 1. The summed E-state index contributed by atoms with van der Waals surface area (Å²) >= 11 is 6.05. The molecule has 0 aliphatic carbocycles. The second-order valence-corrected chi connectivity index (χ2v) is 4.36. The SMILES string of the molecule is Cc1c(Cl)cccc1Nc1ccc(C#N)c(N)c1. The van der Waals surface area contributed by atoms with Crippen LogP contribution < -0.4 is 11.1 Å². The molecule has 0 unspecified atom stereocenters. The number of nitriles is 1. The van der Waals surface area contributed by atoms with Gasteiger partial charge in [-0.15, -0.1) is 0 Å². The molecule has 0 bridgehead atoms. The first-order valence-electron chi connectivity index (χ1n) is 5.43. The van der Waals surface area contributed by atoms with Crippen LogP contribution >= 0.6 is 11.6 Å². The third-order valence-corrected chi connectivity index (χ3v) is 3.13. The van der Waals surface area contributed by atoms with Gasteiger partial charge in [0.15, 0.2) is 0 Å². The van der Waals surface area contributed by atoms with E-state index in [4.69, 9.17) is 22.6 Å². The zero-order valence-electron chi connectivity index (χ0n) is 9.87. The summed E-state index contributed by atoms with van der Waals surface area (Å²) in [6, 6.07) is 12.9. The molecule has 0 fully saturated rings. The molecule has 0 atom stereocenters. The Hall–Kier alpha value is -2.18. The summed E-state index contributed by atoms with van der Waals surface area (Å²) < 4.78 is 0. The molecule has 0 aliphatic rings. The van der Waals surface area contributed by atoms with Gasteiger partial charge in [-0.2, -0.15) is 5.26 Å². The first-order chi connectivity index (χ1) is 8.61. The van der Waals surface area contributed by atoms with E-state index in [9.17, 15) is 0 Å². The number of rotatable bonds is 2. The van der Waals surface area contributed by atoms with Gasteiger partial charge in [0.25, 0.3) is 0 Å². The predicted molar refractivity (Wildman–Crippen MR) is 75.0 cm³/mol. The molecule has 2 aromatic rings. The summed E-state index contributed by atoms with van der Waals surface area (Å²) in [6.07, 6.45) is 0. The highest BCUT2D eigenvalue weighted by molar-refractivity contribution is 6.31. The van der Waals surface area contributed by atoms with Crippen LogP contribution in [0.1, 0.15) is 11.1 Å². The minimum atomic E-state index is 0.460. The minimum Gasteiger partial charge on any atom is -0.398 e. The third-order valence-electron chi connectivity index (χ3n) is 2.72. The molecule has 3 N–H and O–H groups in total. The van der Waals surface area contributed by atoms with Crippen LogP contribution in [0.15, 0.2) is 36.4 Å². The molecule has 0 aromatic heterocycles. The lowest BCUT2D eigenvalue weighted by molar-refractivity contribution is 1.42. The maximum absolute atomic E-state index is 8.81. The lowest BCUT2D eigenvalue weighted by atomic mass is 10.1. The summed E-state index contributed by atoms with van der Waals surface area (Å²) in [5.41, 5.74) is 9.43. The number of hydrogen-bond acceptors (Lipinski definition) is 3. The van der Waals surface area contributed by atoms with Gasteiger partial charge < -0.3 is 11.1 Å². The highest BCUT2D eigenvalue weighted by atomic mass is 35.5. The maximum atomic E-state index is 8.81. The molecule has 0 saturated heterocycles. The van der Waals surface area contributed by atoms with Crippen LogP contribution in [0.4, 0.5) is 17.1 Å². The third kappa shape index (κ3) is 2.39. The summed E-state index contributed by atoms with van der Waals surface area (Å²) in [6.45, 7) is 1.94. The fraction of sp³-hybridized carbons (Fsp3) is 0.0714. The fourth-order valence-corrected chi connectivity index (χ4v) is 1.82. The number of hydrogen-bond donors (Lipinski definition) is 2. The van der Waals surface area contributed by atoms with Gasteiger partial charge in [-0.3, -0.25) is 0 Å². The second kappa shape index (κ2) is 4.99. The van der Waals surface area contributed by atoms with Gasteiger partial charge in [-0.1, -0.05) is 17.7 Å². The van der Waals surface area contributed by atoms with Gasteiger partial charge in [-0.25, -0.2) is 0 Å². The van der Waals surface area contributed by atoms with E-state index in [1.807, 2.05) is 37.3 Å². The highest BCUT2D eigenvalue weighted by Gasteiger charge is 2.04. The van der Waals surface area contributed by atoms with Gasteiger partial charge >= 0.3 is 0 Å². The molecule has 0 radical (unpaired) electrons. The fourth-order valence-electron chi connectivity index (χ4n) is 1.64. The largest absolute Gasteiger partial charge is 0.398 e. The van der Waals surface area contributed by atoms with E-state index in [0.717, 1.165) is 16.9 Å². The van der Waals surface area contributed by atoms with E-state index in [1.54, 1.807) is 12.1 Å². The number of anilines is 3. The van der Waals surface area contributed by atoms with Crippen molar-refractivity contribution in [2.75, 3.05) is 11.1 Å². The Morgan fingerprint density at radius 1 is 1.28 bits per heavy atom. The van der Waals surface area contributed by atoms with Crippen LogP contribution in [0.25, 0.3) is 0 Å². The Morgan fingerprint density at radius 2 is 2.06 bits per heavy atom. The molecule has 3 nitrogen and oxygen atoms in total. The second-order valence-electron chi connectivity index (χ2n) is 3.95. The molecule has 0 amide bonds. The highest BCUT2D eigenvalue weighted by Crippen LogP contribution is 2.27. The number of benzene rings is 2. The molecule has 0 saturated carbocycles. The van der Waals surface area contributed by atoms with E-state index in [2.05, 4.69) is 5.32 Å². The van der Waals surface area contributed by atoms with E-state index >= 15 is 0 Å². The Morgan fingerprint density at radius 3 is 2.72 bits per heavy atom. The van der Waals surface area contributed by atoms with Crippen molar-refractivity contribution in [2.45, 2.75) is 6.92 Å². The van der Waals surface area contributed by atoms with Crippen molar-refractivity contribution in [1.29, 1.82) is 5.26 Å². The zero-order valence-corrected chi connectivity index (χ0v) is 10.6. The van der Waals surface area contributed by atoms with Gasteiger partial charge in [0.2, 0.25) is 0 Å². The van der Waals surface area contributed by atoms with Crippen LogP contribution in [0.5, 0.6) is 0 Å². The number of halogens is 1. The van der Waals surface area contributed by atoms with E-state index in [1.165, 1.54) is 0 Å². The standard InChI is InChI=1S/C14H12ClN3/c1-9-12(15)3-2-4-14(9)18-11-6-5-10(8-16)13(17)7-11/h2-7,18H,17H2,1H3. The lowest BCUT2D eigenvalue weighted by Crippen LogP contribution is -1.96. The van der Waals surface area contributed by atoms with Crippen LogP contribution in [0.2, 0.25) is 5.02 Å². The van der Waals surface area contributed by atoms with Crippen molar-refractivity contribution in [3.63, 3.8) is 0 Å². The Labute approximate surface area is 111 Å². The smallest absolute Gasteiger partial charge is 0.101 e. The summed E-state index contributed by atoms with van der Waals surface area (Å²) in [5, 5.41) is 12.8. The van der Waals surface area contributed by atoms with Crippen molar-refractivity contribution in [3.8, 4) is 6.07 Å². The van der Waals surface area contributed by atoms with E-state index < -0.39 is 0 Å². The molecule has 90 valence electrons. The molecule has 2 rings (SSSR count). The van der Waals surface area contributed by atoms with Gasteiger partial charge in [0, 0.05) is 16.4 Å². The van der Waals surface area contributed by atoms with Crippen molar-refractivity contribution in [2.24, 2.45) is 0 Å². The van der Waals surface area contributed by atoms with Crippen molar-refractivity contribution in [1.82, 2.24) is 0 Å². The topological polar surface area (TPSA) is 61.8 Å². The first kappa shape index (κ1) is 12.3. The molecule has 0 spiro atoms. The quantitative estimate of drug-likeness (QED) is 0.804. The molecular weight excluding hydrogens is 246 g/mol. The van der Waals surface area contributed by atoms with E-state index in [0.29, 0.717) is 16.3 Å².